The van der Waals surface area contributed by atoms with Crippen molar-refractivity contribution in [3.8, 4) is 0 Å². The van der Waals surface area contributed by atoms with E-state index in [9.17, 15) is 0 Å². The molecule has 0 amide bonds. The summed E-state index contributed by atoms with van der Waals surface area (Å²) in [5.41, 5.74) is 4.00. The number of H-pyrrole nitrogens is 1. The van der Waals surface area contributed by atoms with E-state index in [0.29, 0.717) is 6.04 Å². The average Bonchev–Trinajstić information content (AvgIpc) is 3.05. The van der Waals surface area contributed by atoms with Crippen LogP contribution in [0.3, 0.4) is 0 Å². The molecule has 3 rings (SSSR count). The minimum Gasteiger partial charge on any atom is -0.361 e. The summed E-state index contributed by atoms with van der Waals surface area (Å²) in [6, 6.07) is 7.13. The lowest BCUT2D eigenvalue weighted by atomic mass is 10.0. The lowest BCUT2D eigenvalue weighted by molar-refractivity contribution is 0.369. The van der Waals surface area contributed by atoms with Gasteiger partial charge in [0.2, 0.25) is 0 Å². The van der Waals surface area contributed by atoms with Gasteiger partial charge in [0.05, 0.1) is 18.8 Å². The molecule has 21 heavy (non-hydrogen) atoms. The Morgan fingerprint density at radius 1 is 1.38 bits per heavy atom. The Labute approximate surface area is 136 Å². The molecule has 1 aliphatic rings. The van der Waals surface area contributed by atoms with Crippen LogP contribution in [0, 0.1) is 0 Å². The van der Waals surface area contributed by atoms with E-state index in [2.05, 4.69) is 53.1 Å². The summed E-state index contributed by atoms with van der Waals surface area (Å²) in [7, 11) is 4.23. The molecule has 0 spiro atoms. The third-order valence-corrected chi connectivity index (χ3v) is 4.37. The lowest BCUT2D eigenvalue weighted by Crippen LogP contribution is -2.22. The number of aromatic amines is 1. The van der Waals surface area contributed by atoms with Crippen molar-refractivity contribution in [2.24, 2.45) is 0 Å². The van der Waals surface area contributed by atoms with Crippen molar-refractivity contribution in [2.75, 3.05) is 27.2 Å². The Bertz CT molecular complexity index is 581. The van der Waals surface area contributed by atoms with Crippen molar-refractivity contribution in [2.45, 2.75) is 18.9 Å². The van der Waals surface area contributed by atoms with Crippen molar-refractivity contribution in [3.05, 3.63) is 35.5 Å². The Hall–Kier alpha value is -0.720. The van der Waals surface area contributed by atoms with Gasteiger partial charge in [-0.2, -0.15) is 0 Å². The van der Waals surface area contributed by atoms with Gasteiger partial charge < -0.3 is 9.88 Å². The van der Waals surface area contributed by atoms with Gasteiger partial charge in [0.25, 0.3) is 0 Å². The zero-order valence-corrected chi connectivity index (χ0v) is 14.0. The van der Waals surface area contributed by atoms with Gasteiger partial charge in [0.1, 0.15) is 0 Å². The van der Waals surface area contributed by atoms with Crippen LogP contribution >= 0.6 is 24.6 Å². The molecule has 1 aromatic heterocycles. The standard InChI is InChI=1S/C15H21N3OS.ClH/c1-18(2)6-5-12-9-16-15-4-3-11(8-14(12)15)7-13-10-19-20-17-13;/h3-4,8-9,13,16-17H,5-7,10H2,1-2H3;1H. The second-order valence-electron chi connectivity index (χ2n) is 5.63. The van der Waals surface area contributed by atoms with Crippen molar-refractivity contribution in [1.29, 1.82) is 0 Å². The van der Waals surface area contributed by atoms with Gasteiger partial charge in [0.15, 0.2) is 0 Å². The number of halogens is 1. The van der Waals surface area contributed by atoms with E-state index < -0.39 is 0 Å². The van der Waals surface area contributed by atoms with E-state index >= 15 is 0 Å². The zero-order valence-electron chi connectivity index (χ0n) is 12.4. The molecule has 1 saturated heterocycles. The van der Waals surface area contributed by atoms with Gasteiger partial charge in [-0.25, -0.2) is 4.72 Å². The fourth-order valence-corrected chi connectivity index (χ4v) is 3.13. The molecular formula is C15H22ClN3OS. The molecule has 1 aliphatic heterocycles. The highest BCUT2D eigenvalue weighted by Gasteiger charge is 2.16. The number of fused-ring (bicyclic) bond motifs is 1. The predicted molar refractivity (Wildman–Crippen MR) is 92.0 cm³/mol. The van der Waals surface area contributed by atoms with Crippen LogP contribution in [-0.4, -0.2) is 43.2 Å². The molecule has 116 valence electrons. The number of benzene rings is 1. The van der Waals surface area contributed by atoms with Crippen molar-refractivity contribution in [1.82, 2.24) is 14.6 Å². The zero-order chi connectivity index (χ0) is 13.9. The second kappa shape index (κ2) is 7.51. The molecule has 0 aliphatic carbocycles. The Morgan fingerprint density at radius 2 is 2.24 bits per heavy atom. The molecule has 1 fully saturated rings. The summed E-state index contributed by atoms with van der Waals surface area (Å²) in [6.45, 7) is 1.86. The second-order valence-corrected chi connectivity index (χ2v) is 6.27. The molecule has 6 heteroatoms. The van der Waals surface area contributed by atoms with Gasteiger partial charge in [-0.15, -0.1) is 12.4 Å². The van der Waals surface area contributed by atoms with Crippen LogP contribution in [0.4, 0.5) is 0 Å². The molecule has 0 radical (unpaired) electrons. The number of nitrogens with zero attached hydrogens (tertiary/aromatic N) is 1. The Kier molecular flexibility index (Phi) is 5.96. The van der Waals surface area contributed by atoms with Crippen LogP contribution in [0.1, 0.15) is 11.1 Å². The Morgan fingerprint density at radius 3 is 2.95 bits per heavy atom. The molecule has 4 nitrogen and oxygen atoms in total. The first-order valence-electron chi connectivity index (χ1n) is 7.00. The van der Waals surface area contributed by atoms with Crippen LogP contribution in [0.15, 0.2) is 24.4 Å². The van der Waals surface area contributed by atoms with E-state index in [-0.39, 0.29) is 12.4 Å². The quantitative estimate of drug-likeness (QED) is 0.654. The molecule has 0 saturated carbocycles. The van der Waals surface area contributed by atoms with Crippen molar-refractivity contribution < 1.29 is 4.18 Å². The number of hydrogen-bond acceptors (Lipinski definition) is 4. The lowest BCUT2D eigenvalue weighted by Gasteiger charge is -2.09. The van der Waals surface area contributed by atoms with Gasteiger partial charge in [-0.05, 0) is 50.2 Å². The van der Waals surface area contributed by atoms with Crippen molar-refractivity contribution in [3.63, 3.8) is 0 Å². The highest BCUT2D eigenvalue weighted by atomic mass is 35.5. The van der Waals surface area contributed by atoms with Crippen LogP contribution in [0.5, 0.6) is 0 Å². The SMILES string of the molecule is CN(C)CCc1c[nH]c2ccc(CC3COSN3)cc12.Cl. The fourth-order valence-electron chi connectivity index (χ4n) is 2.54. The molecular weight excluding hydrogens is 306 g/mol. The van der Waals surface area contributed by atoms with E-state index in [1.807, 2.05) is 0 Å². The molecule has 1 aromatic carbocycles. The maximum Gasteiger partial charge on any atom is 0.0794 e. The summed E-state index contributed by atoms with van der Waals surface area (Å²) >= 11 is 1.36. The molecule has 2 aromatic rings. The molecule has 2 N–H and O–H groups in total. The minimum absolute atomic E-state index is 0. The summed E-state index contributed by atoms with van der Waals surface area (Å²) in [5, 5.41) is 1.36. The third kappa shape index (κ3) is 4.14. The van der Waals surface area contributed by atoms with E-state index in [1.165, 1.54) is 34.3 Å². The van der Waals surface area contributed by atoms with Gasteiger partial charge >= 0.3 is 0 Å². The number of likely N-dealkylation sites (N-methyl/N-ethyl adjacent to an activating group) is 1. The molecule has 1 atom stereocenters. The highest BCUT2D eigenvalue weighted by molar-refractivity contribution is 7.92. The van der Waals surface area contributed by atoms with Gasteiger partial charge in [-0.3, -0.25) is 4.18 Å². The number of nitrogens with one attached hydrogen (secondary N) is 2. The predicted octanol–water partition coefficient (Wildman–Crippen LogP) is 2.79. The first-order valence-corrected chi connectivity index (χ1v) is 7.74. The molecule has 0 bridgehead atoms. The van der Waals surface area contributed by atoms with E-state index in [1.54, 1.807) is 0 Å². The summed E-state index contributed by atoms with van der Waals surface area (Å²) in [6.07, 6.45) is 4.24. The summed E-state index contributed by atoms with van der Waals surface area (Å²) in [4.78, 5) is 5.59. The maximum absolute atomic E-state index is 5.28. The first-order chi connectivity index (χ1) is 9.72. The minimum atomic E-state index is 0. The van der Waals surface area contributed by atoms with Crippen LogP contribution in [0.25, 0.3) is 10.9 Å². The van der Waals surface area contributed by atoms with Gasteiger partial charge in [0, 0.05) is 29.7 Å². The van der Waals surface area contributed by atoms with E-state index in [4.69, 9.17) is 4.18 Å². The van der Waals surface area contributed by atoms with Crippen LogP contribution in [0.2, 0.25) is 0 Å². The Balaban J connectivity index is 0.00000161. The highest BCUT2D eigenvalue weighted by Crippen LogP contribution is 2.22. The third-order valence-electron chi connectivity index (χ3n) is 3.69. The smallest absolute Gasteiger partial charge is 0.0794 e. The number of rotatable bonds is 5. The van der Waals surface area contributed by atoms with Gasteiger partial charge in [-0.1, -0.05) is 6.07 Å². The summed E-state index contributed by atoms with van der Waals surface area (Å²) < 4.78 is 8.57. The largest absolute Gasteiger partial charge is 0.361 e. The molecule has 2 heterocycles. The molecule has 1 unspecified atom stereocenters. The van der Waals surface area contributed by atoms with Crippen molar-refractivity contribution >= 4 is 35.5 Å². The number of aromatic nitrogens is 1. The van der Waals surface area contributed by atoms with Crippen LogP contribution < -0.4 is 4.72 Å². The summed E-state index contributed by atoms with van der Waals surface area (Å²) in [5.74, 6) is 0. The number of hydrogen-bond donors (Lipinski definition) is 2. The maximum atomic E-state index is 5.28. The average molecular weight is 328 g/mol. The van der Waals surface area contributed by atoms with E-state index in [0.717, 1.165) is 26.0 Å². The first kappa shape index (κ1) is 16.6. The van der Waals surface area contributed by atoms with Crippen LogP contribution in [-0.2, 0) is 17.0 Å². The normalized spacial score (nSPS) is 18.3. The topological polar surface area (TPSA) is 40.3 Å². The fraction of sp³-hybridized carbons (Fsp3) is 0.467. The monoisotopic (exact) mass is 327 g/mol.